The second kappa shape index (κ2) is 8.63. The molecule has 0 bridgehead atoms. The van der Waals surface area contributed by atoms with Crippen molar-refractivity contribution in [3.05, 3.63) is 34.8 Å². The molecule has 1 unspecified atom stereocenters. The molecule has 0 radical (unpaired) electrons. The maximum atomic E-state index is 12.7. The number of thiazole rings is 1. The lowest BCUT2D eigenvalue weighted by atomic mass is 9.98. The van der Waals surface area contributed by atoms with Crippen LogP contribution in [0.15, 0.2) is 23.6 Å². The largest absolute Gasteiger partial charge is 0.493 e. The summed E-state index contributed by atoms with van der Waals surface area (Å²) in [6.07, 6.45) is 2.83. The number of aryl methyl sites for hydroxylation is 1. The van der Waals surface area contributed by atoms with E-state index in [0.717, 1.165) is 17.0 Å². The summed E-state index contributed by atoms with van der Waals surface area (Å²) in [5, 5.41) is 2.55. The maximum absolute atomic E-state index is 12.7. The van der Waals surface area contributed by atoms with Crippen molar-refractivity contribution in [2.24, 2.45) is 5.92 Å². The van der Waals surface area contributed by atoms with Crippen LogP contribution in [0.2, 0.25) is 0 Å². The standard InChI is InChI=1S/C22H27N3O4S/c1-14-13-30-22(23-14)24(2)21(27)11-25-10-17(9-20(25)26)16-6-7-18(28-3)19(8-16)29-12-15-4-5-15/h6-8,13,15,17H,4-5,9-12H2,1-3H3. The van der Waals surface area contributed by atoms with Crippen molar-refractivity contribution in [1.82, 2.24) is 9.88 Å². The van der Waals surface area contributed by atoms with Gasteiger partial charge in [-0.15, -0.1) is 11.3 Å². The molecule has 2 aliphatic rings. The number of amides is 2. The van der Waals surface area contributed by atoms with E-state index < -0.39 is 0 Å². The first kappa shape index (κ1) is 20.7. The number of benzene rings is 1. The number of likely N-dealkylation sites (tertiary alicyclic amines) is 1. The minimum Gasteiger partial charge on any atom is -0.493 e. The van der Waals surface area contributed by atoms with Gasteiger partial charge in [-0.1, -0.05) is 6.07 Å². The zero-order valence-corrected chi connectivity index (χ0v) is 18.4. The molecule has 1 atom stereocenters. The summed E-state index contributed by atoms with van der Waals surface area (Å²) in [7, 11) is 3.33. The Morgan fingerprint density at radius 1 is 1.33 bits per heavy atom. The number of hydrogen-bond donors (Lipinski definition) is 0. The quantitative estimate of drug-likeness (QED) is 0.644. The Kier molecular flexibility index (Phi) is 5.94. The fraction of sp³-hybridized carbons (Fsp3) is 0.500. The van der Waals surface area contributed by atoms with Gasteiger partial charge < -0.3 is 14.4 Å². The third-order valence-electron chi connectivity index (χ3n) is 5.64. The molecule has 4 rings (SSSR count). The first-order valence-electron chi connectivity index (χ1n) is 10.2. The molecule has 30 heavy (non-hydrogen) atoms. The van der Waals surface area contributed by atoms with Gasteiger partial charge in [-0.05, 0) is 43.4 Å². The lowest BCUT2D eigenvalue weighted by molar-refractivity contribution is -0.132. The molecule has 1 saturated heterocycles. The molecule has 2 fully saturated rings. The van der Waals surface area contributed by atoms with Crippen LogP contribution in [-0.4, -0.2) is 55.6 Å². The highest BCUT2D eigenvalue weighted by Gasteiger charge is 2.33. The van der Waals surface area contributed by atoms with E-state index in [4.69, 9.17) is 9.47 Å². The van der Waals surface area contributed by atoms with Crippen LogP contribution in [0.1, 0.15) is 36.4 Å². The summed E-state index contributed by atoms with van der Waals surface area (Å²) in [4.78, 5) is 32.7. The zero-order chi connectivity index (χ0) is 21.3. The second-order valence-electron chi connectivity index (χ2n) is 8.06. The Morgan fingerprint density at radius 3 is 2.80 bits per heavy atom. The van der Waals surface area contributed by atoms with Crippen molar-refractivity contribution in [3.8, 4) is 11.5 Å². The number of likely N-dealkylation sites (N-methyl/N-ethyl adjacent to an activating group) is 1. The fourth-order valence-electron chi connectivity index (χ4n) is 3.57. The molecule has 1 saturated carbocycles. The molecule has 1 aromatic heterocycles. The molecule has 2 heterocycles. The van der Waals surface area contributed by atoms with Crippen LogP contribution in [0.4, 0.5) is 5.13 Å². The van der Waals surface area contributed by atoms with Crippen molar-refractivity contribution in [1.29, 1.82) is 0 Å². The summed E-state index contributed by atoms with van der Waals surface area (Å²) in [6.45, 7) is 3.17. The topological polar surface area (TPSA) is 72.0 Å². The third kappa shape index (κ3) is 4.59. The first-order valence-corrected chi connectivity index (χ1v) is 11.1. The lowest BCUT2D eigenvalue weighted by Crippen LogP contribution is -2.39. The number of rotatable bonds is 8. The Labute approximate surface area is 180 Å². The number of carbonyl (C=O) groups is 2. The molecule has 2 aromatic rings. The number of hydrogen-bond acceptors (Lipinski definition) is 6. The van der Waals surface area contributed by atoms with E-state index in [9.17, 15) is 9.59 Å². The highest BCUT2D eigenvalue weighted by molar-refractivity contribution is 7.14. The number of methoxy groups -OCH3 is 1. The van der Waals surface area contributed by atoms with Gasteiger partial charge in [-0.25, -0.2) is 4.98 Å². The third-order valence-corrected chi connectivity index (χ3v) is 6.67. The summed E-state index contributed by atoms with van der Waals surface area (Å²) in [6, 6.07) is 5.86. The van der Waals surface area contributed by atoms with E-state index >= 15 is 0 Å². The highest BCUT2D eigenvalue weighted by Crippen LogP contribution is 2.37. The summed E-state index contributed by atoms with van der Waals surface area (Å²) < 4.78 is 11.4. The van der Waals surface area contributed by atoms with E-state index in [0.29, 0.717) is 36.4 Å². The van der Waals surface area contributed by atoms with Gasteiger partial charge in [0.25, 0.3) is 0 Å². The van der Waals surface area contributed by atoms with E-state index in [1.165, 1.54) is 29.1 Å². The zero-order valence-electron chi connectivity index (χ0n) is 17.6. The van der Waals surface area contributed by atoms with Gasteiger partial charge in [-0.2, -0.15) is 0 Å². The summed E-state index contributed by atoms with van der Waals surface area (Å²) >= 11 is 1.42. The molecule has 1 aliphatic heterocycles. The molecular weight excluding hydrogens is 402 g/mol. The van der Waals surface area contributed by atoms with Crippen LogP contribution < -0.4 is 14.4 Å². The van der Waals surface area contributed by atoms with E-state index in [1.54, 1.807) is 19.1 Å². The highest BCUT2D eigenvalue weighted by atomic mass is 32.1. The fourth-order valence-corrected chi connectivity index (χ4v) is 4.36. The van der Waals surface area contributed by atoms with E-state index in [-0.39, 0.29) is 24.3 Å². The van der Waals surface area contributed by atoms with Crippen LogP contribution in [0, 0.1) is 12.8 Å². The van der Waals surface area contributed by atoms with Crippen molar-refractivity contribution >= 4 is 28.3 Å². The Balaban J connectivity index is 1.41. The van der Waals surface area contributed by atoms with Crippen LogP contribution in [-0.2, 0) is 9.59 Å². The van der Waals surface area contributed by atoms with Crippen molar-refractivity contribution < 1.29 is 19.1 Å². The minimum atomic E-state index is -0.137. The van der Waals surface area contributed by atoms with Gasteiger partial charge in [0.05, 0.1) is 19.4 Å². The predicted octanol–water partition coefficient (Wildman–Crippen LogP) is 3.23. The van der Waals surface area contributed by atoms with E-state index in [2.05, 4.69) is 4.98 Å². The monoisotopic (exact) mass is 429 g/mol. The molecule has 1 aliphatic carbocycles. The number of ether oxygens (including phenoxy) is 2. The van der Waals surface area contributed by atoms with Crippen LogP contribution >= 0.6 is 11.3 Å². The summed E-state index contributed by atoms with van der Waals surface area (Å²) in [5.41, 5.74) is 1.92. The smallest absolute Gasteiger partial charge is 0.248 e. The molecule has 1 aromatic carbocycles. The average molecular weight is 430 g/mol. The minimum absolute atomic E-state index is 0.00617. The number of carbonyl (C=O) groups excluding carboxylic acids is 2. The van der Waals surface area contributed by atoms with Gasteiger partial charge in [0.1, 0.15) is 6.54 Å². The normalized spacial score (nSPS) is 18.6. The van der Waals surface area contributed by atoms with Crippen molar-refractivity contribution in [2.75, 3.05) is 38.8 Å². The molecule has 8 heteroatoms. The number of anilines is 1. The Hall–Kier alpha value is -2.61. The summed E-state index contributed by atoms with van der Waals surface area (Å²) in [5.74, 6) is 1.96. The van der Waals surface area contributed by atoms with E-state index in [1.807, 2.05) is 30.5 Å². The van der Waals surface area contributed by atoms with Crippen LogP contribution in [0.5, 0.6) is 11.5 Å². The molecule has 2 amide bonds. The molecule has 160 valence electrons. The van der Waals surface area contributed by atoms with Gasteiger partial charge in [0.15, 0.2) is 16.6 Å². The van der Waals surface area contributed by atoms with Crippen molar-refractivity contribution in [3.63, 3.8) is 0 Å². The van der Waals surface area contributed by atoms with Crippen LogP contribution in [0.25, 0.3) is 0 Å². The SMILES string of the molecule is COc1ccc(C2CC(=O)N(CC(=O)N(C)c3nc(C)cs3)C2)cc1OCC1CC1. The molecule has 0 N–H and O–H groups in total. The molecular formula is C22H27N3O4S. The average Bonchev–Trinajstić information content (AvgIpc) is 3.37. The predicted molar refractivity (Wildman–Crippen MR) is 115 cm³/mol. The molecule has 0 spiro atoms. The Bertz CT molecular complexity index is 940. The Morgan fingerprint density at radius 2 is 2.13 bits per heavy atom. The number of nitrogens with zero attached hydrogens (tertiary/aromatic N) is 3. The van der Waals surface area contributed by atoms with Crippen molar-refractivity contribution in [2.45, 2.75) is 32.1 Å². The van der Waals surface area contributed by atoms with Gasteiger partial charge >= 0.3 is 0 Å². The lowest BCUT2D eigenvalue weighted by Gasteiger charge is -2.20. The number of aromatic nitrogens is 1. The van der Waals surface area contributed by atoms with Gasteiger partial charge in [0, 0.05) is 31.3 Å². The maximum Gasteiger partial charge on any atom is 0.248 e. The molecule has 7 nitrogen and oxygen atoms in total. The second-order valence-corrected chi connectivity index (χ2v) is 8.90. The van der Waals surface area contributed by atoms with Gasteiger partial charge in [0.2, 0.25) is 11.8 Å². The van der Waals surface area contributed by atoms with Gasteiger partial charge in [-0.3, -0.25) is 14.5 Å². The van der Waals surface area contributed by atoms with Crippen LogP contribution in [0.3, 0.4) is 0 Å². The first-order chi connectivity index (χ1) is 14.4.